The van der Waals surface area contributed by atoms with Crippen LogP contribution in [0.25, 0.3) is 0 Å². The highest BCUT2D eigenvalue weighted by atomic mass is 79.9. The molecule has 2 aromatic rings. The normalized spacial score (nSPS) is 10.9. The van der Waals surface area contributed by atoms with Gasteiger partial charge in [-0.3, -0.25) is 5.43 Å². The zero-order valence-corrected chi connectivity index (χ0v) is 14.0. The van der Waals surface area contributed by atoms with Gasteiger partial charge in [-0.25, -0.2) is 0 Å². The number of hydrogen-bond acceptors (Lipinski definition) is 4. The molecule has 0 amide bonds. The summed E-state index contributed by atoms with van der Waals surface area (Å²) in [6.07, 6.45) is 1.59. The SMILES string of the molecule is COc1cc(/C=N/Nc2ccc(Cl)c(Cl)c2)cc(Br)c1O. The van der Waals surface area contributed by atoms with E-state index in [9.17, 15) is 5.11 Å². The zero-order valence-electron chi connectivity index (χ0n) is 10.9. The summed E-state index contributed by atoms with van der Waals surface area (Å²) in [5, 5.41) is 14.8. The van der Waals surface area contributed by atoms with Gasteiger partial charge in [-0.2, -0.15) is 5.10 Å². The highest BCUT2D eigenvalue weighted by Gasteiger charge is 2.07. The van der Waals surface area contributed by atoms with Crippen LogP contribution in [0.1, 0.15) is 5.56 Å². The Morgan fingerprint density at radius 3 is 2.67 bits per heavy atom. The lowest BCUT2D eigenvalue weighted by Crippen LogP contribution is -1.92. The topological polar surface area (TPSA) is 53.8 Å². The Morgan fingerprint density at radius 1 is 1.24 bits per heavy atom. The van der Waals surface area contributed by atoms with Gasteiger partial charge in [-0.1, -0.05) is 23.2 Å². The number of benzene rings is 2. The second-order valence-corrected chi connectivity index (χ2v) is 5.72. The van der Waals surface area contributed by atoms with E-state index in [1.54, 1.807) is 36.5 Å². The molecule has 0 aromatic heterocycles. The predicted octanol–water partition coefficient (Wildman–Crippen LogP) is 4.92. The third-order valence-corrected chi connectivity index (χ3v) is 3.94. The van der Waals surface area contributed by atoms with Crippen LogP contribution in [0.15, 0.2) is 39.9 Å². The van der Waals surface area contributed by atoms with Crippen LogP contribution in [-0.4, -0.2) is 18.4 Å². The summed E-state index contributed by atoms with van der Waals surface area (Å²) in [7, 11) is 1.48. The van der Waals surface area contributed by atoms with Gasteiger partial charge in [0.15, 0.2) is 11.5 Å². The Morgan fingerprint density at radius 2 is 2.00 bits per heavy atom. The Kier molecular flexibility index (Phi) is 5.33. The molecule has 0 saturated carbocycles. The van der Waals surface area contributed by atoms with Crippen LogP contribution in [-0.2, 0) is 0 Å². The largest absolute Gasteiger partial charge is 0.503 e. The molecule has 110 valence electrons. The van der Waals surface area contributed by atoms with Crippen molar-refractivity contribution in [2.24, 2.45) is 5.10 Å². The van der Waals surface area contributed by atoms with E-state index >= 15 is 0 Å². The first-order chi connectivity index (χ1) is 10.0. The fourth-order valence-corrected chi connectivity index (χ4v) is 2.33. The molecule has 0 atom stereocenters. The van der Waals surface area contributed by atoms with Crippen LogP contribution in [0, 0.1) is 0 Å². The lowest BCUT2D eigenvalue weighted by molar-refractivity contribution is 0.372. The maximum atomic E-state index is 9.72. The fraction of sp³-hybridized carbons (Fsp3) is 0.0714. The maximum Gasteiger partial charge on any atom is 0.172 e. The van der Waals surface area contributed by atoms with Crippen molar-refractivity contribution >= 4 is 51.0 Å². The van der Waals surface area contributed by atoms with Crippen molar-refractivity contribution in [3.8, 4) is 11.5 Å². The molecular weight excluding hydrogens is 379 g/mol. The number of aromatic hydroxyl groups is 1. The van der Waals surface area contributed by atoms with E-state index in [1.165, 1.54) is 7.11 Å². The van der Waals surface area contributed by atoms with Gasteiger partial charge in [0.25, 0.3) is 0 Å². The molecule has 0 spiro atoms. The van der Waals surface area contributed by atoms with Crippen LogP contribution < -0.4 is 10.2 Å². The average Bonchev–Trinajstić information content (AvgIpc) is 2.46. The number of methoxy groups -OCH3 is 1. The molecule has 0 heterocycles. The van der Waals surface area contributed by atoms with Gasteiger partial charge in [0.2, 0.25) is 0 Å². The highest BCUT2D eigenvalue weighted by Crippen LogP contribution is 2.34. The van der Waals surface area contributed by atoms with Crippen molar-refractivity contribution in [1.82, 2.24) is 0 Å². The summed E-state index contributed by atoms with van der Waals surface area (Å²) in [4.78, 5) is 0. The molecule has 7 heteroatoms. The Hall–Kier alpha value is -1.43. The summed E-state index contributed by atoms with van der Waals surface area (Å²) in [5.41, 5.74) is 4.31. The van der Waals surface area contributed by atoms with Gasteiger partial charge in [0.1, 0.15) is 0 Å². The molecule has 0 radical (unpaired) electrons. The fourth-order valence-electron chi connectivity index (χ4n) is 1.57. The van der Waals surface area contributed by atoms with E-state index in [2.05, 4.69) is 26.5 Å². The van der Waals surface area contributed by atoms with Gasteiger partial charge < -0.3 is 9.84 Å². The van der Waals surface area contributed by atoms with Crippen LogP contribution in [0.5, 0.6) is 11.5 Å². The molecule has 2 rings (SSSR count). The lowest BCUT2D eigenvalue weighted by atomic mass is 10.2. The van der Waals surface area contributed by atoms with Crippen molar-refractivity contribution in [1.29, 1.82) is 0 Å². The molecule has 0 aliphatic carbocycles. The lowest BCUT2D eigenvalue weighted by Gasteiger charge is -2.06. The average molecular weight is 390 g/mol. The smallest absolute Gasteiger partial charge is 0.172 e. The molecule has 0 fully saturated rings. The number of phenols is 1. The Bertz CT molecular complexity index is 693. The zero-order chi connectivity index (χ0) is 15.4. The minimum Gasteiger partial charge on any atom is -0.503 e. The number of ether oxygens (including phenoxy) is 1. The molecule has 2 N–H and O–H groups in total. The van der Waals surface area contributed by atoms with Crippen LogP contribution >= 0.6 is 39.1 Å². The number of rotatable bonds is 4. The van der Waals surface area contributed by atoms with Gasteiger partial charge in [0.05, 0.1) is 33.5 Å². The van der Waals surface area contributed by atoms with Gasteiger partial charge in [-0.05, 0) is 51.8 Å². The molecule has 0 aliphatic heterocycles. The Balaban J connectivity index is 2.14. The molecule has 0 bridgehead atoms. The second-order valence-electron chi connectivity index (χ2n) is 4.05. The third-order valence-electron chi connectivity index (χ3n) is 2.60. The number of hydrogen-bond donors (Lipinski definition) is 2. The number of phenolic OH excluding ortho intramolecular Hbond substituents is 1. The summed E-state index contributed by atoms with van der Waals surface area (Å²) in [5.74, 6) is 0.410. The van der Waals surface area contributed by atoms with E-state index in [0.29, 0.717) is 26.0 Å². The van der Waals surface area contributed by atoms with E-state index < -0.39 is 0 Å². The van der Waals surface area contributed by atoms with Crippen LogP contribution in [0.3, 0.4) is 0 Å². The number of nitrogens with zero attached hydrogens (tertiary/aromatic N) is 1. The Labute approximate surface area is 140 Å². The first kappa shape index (κ1) is 15.9. The molecule has 2 aromatic carbocycles. The summed E-state index contributed by atoms with van der Waals surface area (Å²) in [6.45, 7) is 0. The number of anilines is 1. The molecule has 4 nitrogen and oxygen atoms in total. The van der Waals surface area contributed by atoms with Crippen molar-refractivity contribution in [2.75, 3.05) is 12.5 Å². The summed E-state index contributed by atoms with van der Waals surface area (Å²) < 4.78 is 5.59. The number of halogens is 3. The quantitative estimate of drug-likeness (QED) is 0.576. The first-order valence-corrected chi connectivity index (χ1v) is 7.37. The highest BCUT2D eigenvalue weighted by molar-refractivity contribution is 9.10. The number of nitrogens with one attached hydrogen (secondary N) is 1. The van der Waals surface area contributed by atoms with Crippen molar-refractivity contribution in [2.45, 2.75) is 0 Å². The van der Waals surface area contributed by atoms with Gasteiger partial charge >= 0.3 is 0 Å². The molecule has 0 saturated heterocycles. The second kappa shape index (κ2) is 7.02. The molecule has 21 heavy (non-hydrogen) atoms. The van der Waals surface area contributed by atoms with Gasteiger partial charge in [-0.15, -0.1) is 0 Å². The van der Waals surface area contributed by atoms with E-state index in [0.717, 1.165) is 5.56 Å². The van der Waals surface area contributed by atoms with Crippen molar-refractivity contribution in [3.05, 3.63) is 50.4 Å². The monoisotopic (exact) mass is 388 g/mol. The third kappa shape index (κ3) is 4.03. The summed E-state index contributed by atoms with van der Waals surface area (Å²) in [6, 6.07) is 8.51. The molecule has 0 unspecified atom stereocenters. The van der Waals surface area contributed by atoms with E-state index in [-0.39, 0.29) is 5.75 Å². The van der Waals surface area contributed by atoms with E-state index in [4.69, 9.17) is 27.9 Å². The predicted molar refractivity (Wildman–Crippen MR) is 90.0 cm³/mol. The standard InChI is InChI=1S/C14H11BrCl2N2O2/c1-21-13-5-8(4-10(15)14(13)20)7-18-19-9-2-3-11(16)12(17)6-9/h2-7,19-20H,1H3/b18-7+. The van der Waals surface area contributed by atoms with Gasteiger partial charge in [0, 0.05) is 0 Å². The first-order valence-electron chi connectivity index (χ1n) is 5.82. The van der Waals surface area contributed by atoms with Crippen LogP contribution in [0.2, 0.25) is 10.0 Å². The van der Waals surface area contributed by atoms with Crippen LogP contribution in [0.4, 0.5) is 5.69 Å². The van der Waals surface area contributed by atoms with Crippen molar-refractivity contribution < 1.29 is 9.84 Å². The van der Waals surface area contributed by atoms with E-state index in [1.807, 2.05) is 0 Å². The minimum absolute atomic E-state index is 0.0482. The number of hydrazone groups is 1. The minimum atomic E-state index is 0.0482. The van der Waals surface area contributed by atoms with Crippen molar-refractivity contribution in [3.63, 3.8) is 0 Å². The molecule has 0 aliphatic rings. The maximum absolute atomic E-state index is 9.72. The summed E-state index contributed by atoms with van der Waals surface area (Å²) >= 11 is 15.0. The molecular formula is C14H11BrCl2N2O2.